The zero-order chi connectivity index (χ0) is 13.3. The van der Waals surface area contributed by atoms with Crippen molar-refractivity contribution in [3.63, 3.8) is 0 Å². The first-order valence-corrected chi connectivity index (χ1v) is 6.43. The summed E-state index contributed by atoms with van der Waals surface area (Å²) in [5.41, 5.74) is 7.96. The molecule has 0 spiro atoms. The molecular formula is C13H21N3O2. The van der Waals surface area contributed by atoms with Crippen LogP contribution in [0.25, 0.3) is 0 Å². The second kappa shape index (κ2) is 5.10. The smallest absolute Gasteiger partial charge is 0.250 e. The van der Waals surface area contributed by atoms with Crippen LogP contribution >= 0.6 is 0 Å². The molecule has 1 aromatic heterocycles. The zero-order valence-corrected chi connectivity index (χ0v) is 11.3. The van der Waals surface area contributed by atoms with Crippen molar-refractivity contribution in [1.82, 2.24) is 9.78 Å². The SMILES string of the molecule is COC1CCC(C(=O)n2nc(C)c(N)c2C)CC1. The highest BCUT2D eigenvalue weighted by atomic mass is 16.5. The molecule has 100 valence electrons. The highest BCUT2D eigenvalue weighted by Gasteiger charge is 2.28. The van der Waals surface area contributed by atoms with Gasteiger partial charge in [-0.05, 0) is 39.5 Å². The Morgan fingerprint density at radius 1 is 1.33 bits per heavy atom. The first-order chi connectivity index (χ1) is 8.54. The van der Waals surface area contributed by atoms with Crippen molar-refractivity contribution in [1.29, 1.82) is 0 Å². The molecule has 0 bridgehead atoms. The number of ether oxygens (including phenoxy) is 1. The number of carbonyl (C=O) groups is 1. The number of hydrogen-bond acceptors (Lipinski definition) is 4. The first-order valence-electron chi connectivity index (χ1n) is 6.43. The summed E-state index contributed by atoms with van der Waals surface area (Å²) < 4.78 is 6.79. The van der Waals surface area contributed by atoms with Gasteiger partial charge in [0.25, 0.3) is 0 Å². The standard InChI is InChI=1S/C13H21N3O2/c1-8-12(14)9(2)16(15-8)13(17)10-4-6-11(18-3)7-5-10/h10-11H,4-7,14H2,1-3H3. The maximum Gasteiger partial charge on any atom is 0.250 e. The van der Waals surface area contributed by atoms with Crippen LogP contribution in [-0.4, -0.2) is 28.9 Å². The Bertz CT molecular complexity index is 445. The van der Waals surface area contributed by atoms with Gasteiger partial charge in [-0.15, -0.1) is 0 Å². The molecular weight excluding hydrogens is 230 g/mol. The Balaban J connectivity index is 2.10. The van der Waals surface area contributed by atoms with Crippen molar-refractivity contribution in [2.24, 2.45) is 5.92 Å². The van der Waals surface area contributed by atoms with E-state index >= 15 is 0 Å². The lowest BCUT2D eigenvalue weighted by Crippen LogP contribution is -2.30. The Morgan fingerprint density at radius 3 is 2.39 bits per heavy atom. The van der Waals surface area contributed by atoms with E-state index in [1.54, 1.807) is 7.11 Å². The average molecular weight is 251 g/mol. The highest BCUT2D eigenvalue weighted by Crippen LogP contribution is 2.28. The van der Waals surface area contributed by atoms with E-state index < -0.39 is 0 Å². The largest absolute Gasteiger partial charge is 0.396 e. The van der Waals surface area contributed by atoms with Gasteiger partial charge in [-0.25, -0.2) is 4.68 Å². The number of nitrogen functional groups attached to an aromatic ring is 1. The third-order valence-electron chi connectivity index (χ3n) is 3.91. The highest BCUT2D eigenvalue weighted by molar-refractivity contribution is 5.82. The minimum atomic E-state index is 0.0498. The van der Waals surface area contributed by atoms with E-state index in [9.17, 15) is 4.79 Å². The van der Waals surface area contributed by atoms with Crippen LogP contribution in [-0.2, 0) is 4.74 Å². The molecule has 2 rings (SSSR count). The van der Waals surface area contributed by atoms with Crippen LogP contribution in [0.5, 0.6) is 0 Å². The molecule has 1 heterocycles. The fraction of sp³-hybridized carbons (Fsp3) is 0.692. The number of rotatable bonds is 2. The van der Waals surface area contributed by atoms with Crippen LogP contribution in [0.4, 0.5) is 5.69 Å². The molecule has 2 N–H and O–H groups in total. The summed E-state index contributed by atoms with van der Waals surface area (Å²) in [5.74, 6) is 0.121. The minimum Gasteiger partial charge on any atom is -0.396 e. The molecule has 1 aliphatic carbocycles. The van der Waals surface area contributed by atoms with Crippen molar-refractivity contribution in [2.45, 2.75) is 45.6 Å². The molecule has 0 aliphatic heterocycles. The van der Waals surface area contributed by atoms with E-state index in [4.69, 9.17) is 10.5 Å². The summed E-state index contributed by atoms with van der Waals surface area (Å²) in [6.07, 6.45) is 3.94. The quantitative estimate of drug-likeness (QED) is 0.871. The van der Waals surface area contributed by atoms with Crippen LogP contribution < -0.4 is 5.73 Å². The van der Waals surface area contributed by atoms with Gasteiger partial charge in [0.05, 0.1) is 23.2 Å². The molecule has 18 heavy (non-hydrogen) atoms. The van der Waals surface area contributed by atoms with Gasteiger partial charge in [-0.1, -0.05) is 0 Å². The predicted octanol–water partition coefficient (Wildman–Crippen LogP) is 1.93. The van der Waals surface area contributed by atoms with Gasteiger partial charge in [-0.3, -0.25) is 4.79 Å². The maximum atomic E-state index is 12.4. The Morgan fingerprint density at radius 2 is 1.94 bits per heavy atom. The van der Waals surface area contributed by atoms with Crippen LogP contribution in [0, 0.1) is 19.8 Å². The third kappa shape index (κ3) is 2.27. The second-order valence-corrected chi connectivity index (χ2v) is 5.04. The molecule has 1 fully saturated rings. The van der Waals surface area contributed by atoms with Gasteiger partial charge in [-0.2, -0.15) is 5.10 Å². The number of aromatic nitrogens is 2. The number of carbonyl (C=O) groups excluding carboxylic acids is 1. The summed E-state index contributed by atoms with van der Waals surface area (Å²) in [6, 6.07) is 0. The van der Waals surface area contributed by atoms with E-state index in [0.29, 0.717) is 11.8 Å². The van der Waals surface area contributed by atoms with E-state index in [1.807, 2.05) is 13.8 Å². The van der Waals surface area contributed by atoms with Crippen LogP contribution in [0.2, 0.25) is 0 Å². The Labute approximate surface area is 107 Å². The third-order valence-corrected chi connectivity index (χ3v) is 3.91. The summed E-state index contributed by atoms with van der Waals surface area (Å²) in [6.45, 7) is 3.67. The molecule has 5 nitrogen and oxygen atoms in total. The number of methoxy groups -OCH3 is 1. The van der Waals surface area contributed by atoms with Crippen molar-refractivity contribution in [2.75, 3.05) is 12.8 Å². The van der Waals surface area contributed by atoms with E-state index in [0.717, 1.165) is 37.1 Å². The van der Waals surface area contributed by atoms with Crippen LogP contribution in [0.3, 0.4) is 0 Å². The summed E-state index contributed by atoms with van der Waals surface area (Å²) in [7, 11) is 1.73. The minimum absolute atomic E-state index is 0.0498. The van der Waals surface area contributed by atoms with Crippen molar-refractivity contribution in [3.8, 4) is 0 Å². The Kier molecular flexibility index (Phi) is 3.71. The van der Waals surface area contributed by atoms with Gasteiger partial charge in [0.15, 0.2) is 0 Å². The summed E-state index contributed by atoms with van der Waals surface area (Å²) in [5, 5.41) is 4.23. The van der Waals surface area contributed by atoms with Crippen molar-refractivity contribution >= 4 is 11.6 Å². The van der Waals surface area contributed by atoms with Gasteiger partial charge < -0.3 is 10.5 Å². The fourth-order valence-corrected chi connectivity index (χ4v) is 2.59. The molecule has 0 radical (unpaired) electrons. The van der Waals surface area contributed by atoms with Crippen molar-refractivity contribution < 1.29 is 9.53 Å². The fourth-order valence-electron chi connectivity index (χ4n) is 2.59. The molecule has 0 saturated heterocycles. The van der Waals surface area contributed by atoms with Crippen molar-refractivity contribution in [3.05, 3.63) is 11.4 Å². The molecule has 1 aliphatic rings. The topological polar surface area (TPSA) is 70.1 Å². The second-order valence-electron chi connectivity index (χ2n) is 5.04. The molecule has 1 aromatic rings. The normalized spacial score (nSPS) is 24.2. The van der Waals surface area contributed by atoms with Crippen LogP contribution in [0.1, 0.15) is 41.9 Å². The van der Waals surface area contributed by atoms with Crippen LogP contribution in [0.15, 0.2) is 0 Å². The number of anilines is 1. The lowest BCUT2D eigenvalue weighted by Gasteiger charge is -2.26. The van der Waals surface area contributed by atoms with Gasteiger partial charge in [0.2, 0.25) is 5.91 Å². The molecule has 0 unspecified atom stereocenters. The lowest BCUT2D eigenvalue weighted by molar-refractivity contribution is 0.0473. The van der Waals surface area contributed by atoms with Gasteiger partial charge in [0, 0.05) is 13.0 Å². The molecule has 1 saturated carbocycles. The van der Waals surface area contributed by atoms with E-state index in [-0.39, 0.29) is 11.8 Å². The predicted molar refractivity (Wildman–Crippen MR) is 69.5 cm³/mol. The Hall–Kier alpha value is -1.36. The molecule has 0 aromatic carbocycles. The first kappa shape index (κ1) is 13.1. The number of aryl methyl sites for hydroxylation is 1. The average Bonchev–Trinajstić information content (AvgIpc) is 2.66. The summed E-state index contributed by atoms with van der Waals surface area (Å²) >= 11 is 0. The molecule has 5 heteroatoms. The maximum absolute atomic E-state index is 12.4. The van der Waals surface area contributed by atoms with E-state index in [2.05, 4.69) is 5.10 Å². The monoisotopic (exact) mass is 251 g/mol. The zero-order valence-electron chi connectivity index (χ0n) is 11.3. The van der Waals surface area contributed by atoms with Gasteiger partial charge in [0.1, 0.15) is 0 Å². The molecule has 0 atom stereocenters. The lowest BCUT2D eigenvalue weighted by atomic mass is 9.87. The van der Waals surface area contributed by atoms with E-state index in [1.165, 1.54) is 4.68 Å². The summed E-state index contributed by atoms with van der Waals surface area (Å²) in [4.78, 5) is 12.4. The number of nitrogens with zero attached hydrogens (tertiary/aromatic N) is 2. The number of nitrogens with two attached hydrogens (primary N) is 1. The molecule has 0 amide bonds. The number of hydrogen-bond donors (Lipinski definition) is 1. The van der Waals surface area contributed by atoms with Gasteiger partial charge >= 0.3 is 0 Å².